The lowest BCUT2D eigenvalue weighted by Gasteiger charge is -2.24. The molecular weight excluding hydrogens is 470 g/mol. The van der Waals surface area contributed by atoms with Gasteiger partial charge in [-0.15, -0.1) is 0 Å². The van der Waals surface area contributed by atoms with Gasteiger partial charge in [0.15, 0.2) is 0 Å². The average Bonchev–Trinajstić information content (AvgIpc) is 2.91. The lowest BCUT2D eigenvalue weighted by Crippen LogP contribution is -2.48. The maximum atomic E-state index is 11.7. The Morgan fingerprint density at radius 1 is 1.11 bits per heavy atom. The van der Waals surface area contributed by atoms with Crippen LogP contribution in [0.3, 0.4) is 0 Å². The number of hydrogen-bond acceptors (Lipinski definition) is 7. The first kappa shape index (κ1) is 24.5. The number of allylic oxidation sites excluding steroid dienone is 3. The molecule has 0 spiro atoms. The summed E-state index contributed by atoms with van der Waals surface area (Å²) in [5, 5.41) is 0. The third-order valence-electron chi connectivity index (χ3n) is 5.57. The molecule has 1 amide bonds. The van der Waals surface area contributed by atoms with Crippen molar-refractivity contribution in [3.05, 3.63) is 84.3 Å². The molecule has 9 nitrogen and oxygen atoms in total. The van der Waals surface area contributed by atoms with E-state index in [1.165, 1.54) is 0 Å². The minimum Gasteiger partial charge on any atom is -0.490 e. The zero-order chi connectivity index (χ0) is 24.8. The lowest BCUT2D eigenvalue weighted by molar-refractivity contribution is -0.120. The van der Waals surface area contributed by atoms with E-state index in [2.05, 4.69) is 16.3 Å². The molecule has 0 bridgehead atoms. The van der Waals surface area contributed by atoms with Crippen LogP contribution in [-0.4, -0.2) is 32.5 Å². The van der Waals surface area contributed by atoms with Gasteiger partial charge in [0, 0.05) is 18.9 Å². The smallest absolute Gasteiger partial charge is 0.301 e. The first-order chi connectivity index (χ1) is 16.8. The van der Waals surface area contributed by atoms with Crippen molar-refractivity contribution in [3.63, 3.8) is 0 Å². The van der Waals surface area contributed by atoms with Crippen molar-refractivity contribution in [2.75, 3.05) is 7.11 Å². The van der Waals surface area contributed by atoms with E-state index >= 15 is 0 Å². The minimum absolute atomic E-state index is 0.0406. The summed E-state index contributed by atoms with van der Waals surface area (Å²) in [5.74, 6) is 1.90. The Morgan fingerprint density at radius 2 is 1.89 bits per heavy atom. The van der Waals surface area contributed by atoms with Gasteiger partial charge in [0.25, 0.3) is 0 Å². The topological polar surface area (TPSA) is 116 Å². The zero-order valence-corrected chi connectivity index (χ0v) is 20.1. The highest BCUT2D eigenvalue weighted by molar-refractivity contribution is 7.88. The number of nitrogens with one attached hydrogen (secondary N) is 2. The molecule has 1 saturated heterocycles. The van der Waals surface area contributed by atoms with E-state index in [4.69, 9.17) is 14.2 Å². The van der Waals surface area contributed by atoms with Gasteiger partial charge < -0.3 is 14.2 Å². The molecule has 1 unspecified atom stereocenters. The van der Waals surface area contributed by atoms with Crippen molar-refractivity contribution in [1.82, 2.24) is 14.4 Å². The number of rotatable bonds is 6. The van der Waals surface area contributed by atoms with Crippen molar-refractivity contribution >= 4 is 16.1 Å². The van der Waals surface area contributed by atoms with Crippen LogP contribution in [0.1, 0.15) is 37.3 Å². The maximum absolute atomic E-state index is 11.7. The predicted octanol–water partition coefficient (Wildman–Crippen LogP) is 3.49. The second kappa shape index (κ2) is 10.7. The van der Waals surface area contributed by atoms with E-state index in [9.17, 15) is 13.2 Å². The molecule has 2 N–H and O–H groups in total. The van der Waals surface area contributed by atoms with Gasteiger partial charge in [-0.05, 0) is 48.3 Å². The van der Waals surface area contributed by atoms with Crippen LogP contribution in [0, 0.1) is 0 Å². The van der Waals surface area contributed by atoms with Crippen LogP contribution in [0.4, 0.5) is 0 Å². The van der Waals surface area contributed by atoms with Gasteiger partial charge in [0.1, 0.15) is 23.4 Å². The van der Waals surface area contributed by atoms with Gasteiger partial charge >= 0.3 is 10.2 Å². The number of carbonyl (C=O) groups excluding carboxylic acids is 1. The second-order valence-electron chi connectivity index (χ2n) is 8.19. The Bertz CT molecular complexity index is 1240. The average molecular weight is 498 g/mol. The highest BCUT2D eigenvalue weighted by Gasteiger charge is 2.29. The zero-order valence-electron chi connectivity index (χ0n) is 19.3. The Hall–Kier alpha value is -3.63. The number of nitrogens with zero attached hydrogens (tertiary/aromatic N) is 1. The molecule has 184 valence electrons. The summed E-state index contributed by atoms with van der Waals surface area (Å²) in [6.07, 6.45) is 9.49. The number of carbonyl (C=O) groups is 1. The number of amides is 1. The van der Waals surface area contributed by atoms with Crippen molar-refractivity contribution in [2.45, 2.75) is 37.8 Å². The van der Waals surface area contributed by atoms with Gasteiger partial charge in [-0.1, -0.05) is 30.9 Å². The van der Waals surface area contributed by atoms with E-state index in [-0.39, 0.29) is 12.5 Å². The molecular formula is C25H27N3O6S. The molecule has 0 saturated carbocycles. The molecule has 35 heavy (non-hydrogen) atoms. The summed E-state index contributed by atoms with van der Waals surface area (Å²) in [5.41, 5.74) is 1.54. The summed E-state index contributed by atoms with van der Waals surface area (Å²) in [7, 11) is -2.27. The molecule has 1 aromatic carbocycles. The molecule has 1 fully saturated rings. The van der Waals surface area contributed by atoms with Gasteiger partial charge in [0.05, 0.1) is 19.3 Å². The number of methoxy groups -OCH3 is 1. The lowest BCUT2D eigenvalue weighted by atomic mass is 10.0. The molecule has 10 heteroatoms. The standard InChI is InChI=1S/C25H27N3O6S/c1-17-7-10-19(5-3-4-6-23(17)34-21-13-14-25(32-2)26-16-21)33-20-11-8-18(9-12-20)22-15-24(29)28-35(30,31)27-22/h3-4,6,8-9,11-14,16,19,22,27H,1,5,7,10,15H2,2H3,(H,28,29)/b4-3-,23-6?/t19-,22?/m0/s1. The van der Waals surface area contributed by atoms with Crippen molar-refractivity contribution < 1.29 is 27.4 Å². The van der Waals surface area contributed by atoms with E-state index < -0.39 is 22.2 Å². The fourth-order valence-electron chi connectivity index (χ4n) is 3.76. The largest absolute Gasteiger partial charge is 0.490 e. The first-order valence-electron chi connectivity index (χ1n) is 11.1. The molecule has 0 radical (unpaired) electrons. The minimum atomic E-state index is -3.83. The Morgan fingerprint density at radius 3 is 2.57 bits per heavy atom. The molecule has 1 aliphatic heterocycles. The fourth-order valence-corrected chi connectivity index (χ4v) is 4.80. The number of pyridine rings is 1. The van der Waals surface area contributed by atoms with Crippen molar-refractivity contribution in [2.24, 2.45) is 0 Å². The van der Waals surface area contributed by atoms with Crippen LogP contribution >= 0.6 is 0 Å². The third-order valence-corrected chi connectivity index (χ3v) is 6.66. The Labute approximate surface area is 204 Å². The summed E-state index contributed by atoms with van der Waals surface area (Å²) >= 11 is 0. The summed E-state index contributed by atoms with van der Waals surface area (Å²) in [6, 6.07) is 10.0. The number of ether oxygens (including phenoxy) is 3. The monoisotopic (exact) mass is 497 g/mol. The quantitative estimate of drug-likeness (QED) is 0.628. The molecule has 2 aliphatic rings. The summed E-state index contributed by atoms with van der Waals surface area (Å²) in [6.45, 7) is 4.18. The molecule has 1 aromatic heterocycles. The normalized spacial score (nSPS) is 23.1. The summed E-state index contributed by atoms with van der Waals surface area (Å²) in [4.78, 5) is 15.8. The van der Waals surface area contributed by atoms with E-state index in [1.807, 2.05) is 23.0 Å². The highest BCUT2D eigenvalue weighted by atomic mass is 32.2. The third kappa shape index (κ3) is 6.71. The maximum Gasteiger partial charge on any atom is 0.301 e. The Kier molecular flexibility index (Phi) is 7.52. The summed E-state index contributed by atoms with van der Waals surface area (Å²) < 4.78 is 45.1. The number of benzene rings is 1. The van der Waals surface area contributed by atoms with Crippen LogP contribution < -0.4 is 23.7 Å². The van der Waals surface area contributed by atoms with E-state index in [1.54, 1.807) is 49.7 Å². The van der Waals surface area contributed by atoms with Crippen LogP contribution in [0.2, 0.25) is 0 Å². The first-order valence-corrected chi connectivity index (χ1v) is 12.6. The van der Waals surface area contributed by atoms with Crippen LogP contribution in [-0.2, 0) is 15.0 Å². The SMILES string of the molecule is C=C1CC[C@@H](Oc2ccc(C3CC(=O)NS(=O)(=O)N3)cc2)C/C=C\C=C1Oc1ccc(OC)nc1. The van der Waals surface area contributed by atoms with Gasteiger partial charge in [0.2, 0.25) is 11.8 Å². The number of aromatic nitrogens is 1. The number of hydrogen-bond donors (Lipinski definition) is 2. The predicted molar refractivity (Wildman–Crippen MR) is 130 cm³/mol. The van der Waals surface area contributed by atoms with Crippen LogP contribution in [0.25, 0.3) is 0 Å². The van der Waals surface area contributed by atoms with Gasteiger partial charge in [-0.25, -0.2) is 9.71 Å². The molecule has 2 heterocycles. The second-order valence-corrected chi connectivity index (χ2v) is 9.63. The molecule has 2 atom stereocenters. The fraction of sp³-hybridized carbons (Fsp3) is 0.280. The molecule has 4 rings (SSSR count). The van der Waals surface area contributed by atoms with E-state index in [0.29, 0.717) is 41.5 Å². The van der Waals surface area contributed by atoms with Gasteiger partial charge in [-0.2, -0.15) is 13.1 Å². The van der Waals surface area contributed by atoms with Crippen molar-refractivity contribution in [3.8, 4) is 17.4 Å². The highest BCUT2D eigenvalue weighted by Crippen LogP contribution is 2.27. The van der Waals surface area contributed by atoms with Gasteiger partial charge in [-0.3, -0.25) is 4.79 Å². The van der Waals surface area contributed by atoms with Crippen LogP contribution in [0.5, 0.6) is 17.4 Å². The molecule has 1 aliphatic carbocycles. The van der Waals surface area contributed by atoms with Crippen molar-refractivity contribution in [1.29, 1.82) is 0 Å². The van der Waals surface area contributed by atoms with Crippen LogP contribution in [0.15, 0.2) is 78.7 Å². The van der Waals surface area contributed by atoms with E-state index in [0.717, 1.165) is 12.0 Å². The molecule has 2 aromatic rings. The Balaban J connectivity index is 1.35.